The van der Waals surface area contributed by atoms with Gasteiger partial charge >= 0.3 is 11.9 Å². The highest BCUT2D eigenvalue weighted by Gasteiger charge is 2.00. The van der Waals surface area contributed by atoms with Crippen molar-refractivity contribution in [2.75, 3.05) is 0 Å². The van der Waals surface area contributed by atoms with Crippen LogP contribution < -0.4 is 11.5 Å². The van der Waals surface area contributed by atoms with E-state index in [0.717, 1.165) is 12.8 Å². The fraction of sp³-hybridized carbons (Fsp3) is 0.786. The van der Waals surface area contributed by atoms with E-state index in [-0.39, 0.29) is 12.8 Å². The molecule has 6 nitrogen and oxygen atoms in total. The van der Waals surface area contributed by atoms with E-state index in [1.165, 1.54) is 103 Å². The molecule has 0 aromatic rings. The van der Waals surface area contributed by atoms with Crippen molar-refractivity contribution >= 4 is 11.9 Å². The van der Waals surface area contributed by atoms with E-state index in [9.17, 15) is 9.59 Å². The van der Waals surface area contributed by atoms with Crippen LogP contribution in [0.5, 0.6) is 0 Å². The predicted molar refractivity (Wildman–Crippen MR) is 146 cm³/mol. The highest BCUT2D eigenvalue weighted by Crippen LogP contribution is 2.10. The summed E-state index contributed by atoms with van der Waals surface area (Å²) in [6.45, 7) is 4.53. The third-order valence-corrected chi connectivity index (χ3v) is 5.27. The topological polar surface area (TPSA) is 127 Å². The minimum Gasteiger partial charge on any atom is -0.481 e. The van der Waals surface area contributed by atoms with Gasteiger partial charge in [-0.2, -0.15) is 0 Å². The SMILES string of the molecule is CCCCCCCCCCC=CN.CCCCCCCCCCC=CN.O=C(O)CCC(=O)O. The van der Waals surface area contributed by atoms with E-state index in [1.54, 1.807) is 12.4 Å². The number of carboxylic acids is 2. The molecule has 0 aromatic carbocycles. The molecule has 0 rings (SSSR count). The van der Waals surface area contributed by atoms with Gasteiger partial charge in [-0.25, -0.2) is 0 Å². The molecule has 6 heteroatoms. The average Bonchev–Trinajstić information content (AvgIpc) is 2.81. The van der Waals surface area contributed by atoms with E-state index in [2.05, 4.69) is 26.0 Å². The minimum absolute atomic E-state index is 0.296. The monoisotopic (exact) mass is 484 g/mol. The largest absolute Gasteiger partial charge is 0.481 e. The van der Waals surface area contributed by atoms with Gasteiger partial charge in [-0.15, -0.1) is 0 Å². The van der Waals surface area contributed by atoms with Crippen LogP contribution in [0.15, 0.2) is 24.6 Å². The Bertz CT molecular complexity index is 423. The van der Waals surface area contributed by atoms with Gasteiger partial charge in [0.1, 0.15) is 0 Å². The molecule has 0 aliphatic rings. The number of carboxylic acid groups (broad SMARTS) is 2. The average molecular weight is 485 g/mol. The molecule has 0 aromatic heterocycles. The molecule has 0 heterocycles. The van der Waals surface area contributed by atoms with Crippen LogP contribution in [0.3, 0.4) is 0 Å². The van der Waals surface area contributed by atoms with Crippen LogP contribution in [0.25, 0.3) is 0 Å². The summed E-state index contributed by atoms with van der Waals surface area (Å²) in [6, 6.07) is 0. The van der Waals surface area contributed by atoms with Gasteiger partial charge in [-0.3, -0.25) is 9.59 Å². The van der Waals surface area contributed by atoms with Gasteiger partial charge < -0.3 is 21.7 Å². The predicted octanol–water partition coefficient (Wildman–Crippen LogP) is 7.92. The summed E-state index contributed by atoms with van der Waals surface area (Å²) in [5.74, 6) is -2.15. The van der Waals surface area contributed by atoms with Crippen molar-refractivity contribution in [1.29, 1.82) is 0 Å². The Morgan fingerprint density at radius 3 is 1.03 bits per heavy atom. The molecule has 202 valence electrons. The first kappa shape index (κ1) is 36.6. The van der Waals surface area contributed by atoms with Gasteiger partial charge in [0.15, 0.2) is 0 Å². The first-order chi connectivity index (χ1) is 16.5. The Hall–Kier alpha value is -1.98. The maximum Gasteiger partial charge on any atom is 0.303 e. The van der Waals surface area contributed by atoms with Crippen molar-refractivity contribution in [3.63, 3.8) is 0 Å². The summed E-state index contributed by atoms with van der Waals surface area (Å²) < 4.78 is 0. The highest BCUT2D eigenvalue weighted by atomic mass is 16.4. The molecule has 0 radical (unpaired) electrons. The lowest BCUT2D eigenvalue weighted by atomic mass is 10.1. The number of allylic oxidation sites excluding steroid dienone is 2. The standard InChI is InChI=1S/2C12H25N.C4H6O4/c2*1-2-3-4-5-6-7-8-9-10-11-12-13;5-3(6)1-2-4(7)8/h2*11-12H,2-10,13H2,1H3;1-2H2,(H,5,6)(H,7,8). The fourth-order valence-corrected chi connectivity index (χ4v) is 3.20. The zero-order valence-electron chi connectivity index (χ0n) is 22.3. The number of hydrogen-bond acceptors (Lipinski definition) is 4. The molecular formula is C28H56N2O4. The summed E-state index contributed by atoms with van der Waals surface area (Å²) in [6.07, 6.45) is 31.4. The third-order valence-electron chi connectivity index (χ3n) is 5.27. The summed E-state index contributed by atoms with van der Waals surface area (Å²) in [4.78, 5) is 19.3. The molecule has 0 saturated heterocycles. The molecule has 34 heavy (non-hydrogen) atoms. The lowest BCUT2D eigenvalue weighted by molar-refractivity contribution is -0.143. The van der Waals surface area contributed by atoms with Gasteiger partial charge in [0.05, 0.1) is 12.8 Å². The second-order valence-electron chi connectivity index (χ2n) is 8.67. The Labute approximate surface area is 210 Å². The van der Waals surface area contributed by atoms with Gasteiger partial charge in [-0.1, -0.05) is 116 Å². The summed E-state index contributed by atoms with van der Waals surface area (Å²) >= 11 is 0. The zero-order valence-corrected chi connectivity index (χ0v) is 22.3. The van der Waals surface area contributed by atoms with E-state index in [0.29, 0.717) is 0 Å². The first-order valence-corrected chi connectivity index (χ1v) is 13.6. The van der Waals surface area contributed by atoms with E-state index in [1.807, 2.05) is 0 Å². The lowest BCUT2D eigenvalue weighted by Crippen LogP contribution is -2.00. The number of rotatable bonds is 21. The highest BCUT2D eigenvalue weighted by molar-refractivity contribution is 5.75. The van der Waals surface area contributed by atoms with Crippen molar-refractivity contribution in [2.45, 2.75) is 142 Å². The Morgan fingerprint density at radius 2 is 0.794 bits per heavy atom. The number of aliphatic carboxylic acids is 2. The van der Waals surface area contributed by atoms with Crippen LogP contribution in [0.2, 0.25) is 0 Å². The van der Waals surface area contributed by atoms with Crippen LogP contribution in [0.1, 0.15) is 142 Å². The van der Waals surface area contributed by atoms with Gasteiger partial charge in [-0.05, 0) is 38.1 Å². The Balaban J connectivity index is -0.000000438. The molecule has 6 N–H and O–H groups in total. The summed E-state index contributed by atoms with van der Waals surface area (Å²) in [5, 5.41) is 15.8. The Morgan fingerprint density at radius 1 is 0.529 bits per heavy atom. The lowest BCUT2D eigenvalue weighted by Gasteiger charge is -1.99. The minimum atomic E-state index is -1.08. The smallest absolute Gasteiger partial charge is 0.303 e. The molecule has 0 saturated carbocycles. The summed E-state index contributed by atoms with van der Waals surface area (Å²) in [7, 11) is 0. The molecule has 0 atom stereocenters. The van der Waals surface area contributed by atoms with Gasteiger partial charge in [0, 0.05) is 0 Å². The number of unbranched alkanes of at least 4 members (excludes halogenated alkanes) is 16. The molecule has 0 aliphatic carbocycles. The van der Waals surface area contributed by atoms with Gasteiger partial charge in [0.25, 0.3) is 0 Å². The molecule has 0 fully saturated rings. The zero-order chi connectivity index (χ0) is 26.1. The van der Waals surface area contributed by atoms with Crippen molar-refractivity contribution in [3.05, 3.63) is 24.6 Å². The van der Waals surface area contributed by atoms with E-state index < -0.39 is 11.9 Å². The van der Waals surface area contributed by atoms with Crippen LogP contribution in [0.4, 0.5) is 0 Å². The molecule has 0 unspecified atom stereocenters. The normalized spacial score (nSPS) is 10.5. The van der Waals surface area contributed by atoms with Crippen molar-refractivity contribution < 1.29 is 19.8 Å². The van der Waals surface area contributed by atoms with E-state index >= 15 is 0 Å². The fourth-order valence-electron chi connectivity index (χ4n) is 3.20. The van der Waals surface area contributed by atoms with Crippen LogP contribution in [0, 0.1) is 0 Å². The maximum atomic E-state index is 9.64. The van der Waals surface area contributed by atoms with Crippen molar-refractivity contribution in [3.8, 4) is 0 Å². The number of carbonyl (C=O) groups is 2. The summed E-state index contributed by atoms with van der Waals surface area (Å²) in [5.41, 5.74) is 10.5. The first-order valence-electron chi connectivity index (χ1n) is 13.6. The molecule has 0 amide bonds. The number of nitrogens with two attached hydrogens (primary N) is 2. The second kappa shape index (κ2) is 35.6. The van der Waals surface area contributed by atoms with Crippen LogP contribution in [-0.2, 0) is 9.59 Å². The molecule has 0 spiro atoms. The third kappa shape index (κ3) is 47.7. The molecule has 0 bridgehead atoms. The van der Waals surface area contributed by atoms with Crippen molar-refractivity contribution in [1.82, 2.24) is 0 Å². The van der Waals surface area contributed by atoms with Crippen molar-refractivity contribution in [2.24, 2.45) is 11.5 Å². The van der Waals surface area contributed by atoms with Crippen LogP contribution >= 0.6 is 0 Å². The van der Waals surface area contributed by atoms with Crippen LogP contribution in [-0.4, -0.2) is 22.2 Å². The van der Waals surface area contributed by atoms with E-state index in [4.69, 9.17) is 21.7 Å². The van der Waals surface area contributed by atoms with Gasteiger partial charge in [0.2, 0.25) is 0 Å². The quantitative estimate of drug-likeness (QED) is 0.123. The second-order valence-corrected chi connectivity index (χ2v) is 8.67. The number of hydrogen-bond donors (Lipinski definition) is 4. The maximum absolute atomic E-state index is 9.64. The molecule has 0 aliphatic heterocycles. The molecular weight excluding hydrogens is 428 g/mol. The Kier molecular flexibility index (Phi) is 38.3.